The van der Waals surface area contributed by atoms with Crippen molar-refractivity contribution in [2.75, 3.05) is 10.8 Å². The minimum atomic E-state index is -3.66. The molecule has 0 fully saturated rings. The molecular formula is C20H25NO3S. The summed E-state index contributed by atoms with van der Waals surface area (Å²) in [5, 5.41) is 0. The Bertz CT molecular complexity index is 878. The van der Waals surface area contributed by atoms with E-state index in [1.807, 2.05) is 44.2 Å². The number of fused-ring (bicyclic) bond motifs is 1. The van der Waals surface area contributed by atoms with E-state index in [-0.39, 0.29) is 12.0 Å². The minimum absolute atomic E-state index is 0.0180. The van der Waals surface area contributed by atoms with Crippen molar-refractivity contribution >= 4 is 15.7 Å². The minimum Gasteiger partial charge on any atom is -0.484 e. The molecule has 5 heteroatoms. The molecule has 0 bridgehead atoms. The van der Waals surface area contributed by atoms with Crippen LogP contribution in [-0.4, -0.2) is 20.6 Å². The molecule has 0 aromatic heterocycles. The molecule has 0 N–H and O–H groups in total. The summed E-state index contributed by atoms with van der Waals surface area (Å²) in [5.41, 5.74) is 1.08. The van der Waals surface area contributed by atoms with Gasteiger partial charge in [0, 0.05) is 0 Å². The molecule has 1 heterocycles. The summed E-state index contributed by atoms with van der Waals surface area (Å²) in [6, 6.07) is 14.4. The molecule has 0 atom stereocenters. The quantitative estimate of drug-likeness (QED) is 0.801. The zero-order valence-corrected chi connectivity index (χ0v) is 16.2. The van der Waals surface area contributed by atoms with Crippen molar-refractivity contribution in [1.29, 1.82) is 0 Å². The van der Waals surface area contributed by atoms with Crippen LogP contribution in [0.5, 0.6) is 5.75 Å². The van der Waals surface area contributed by atoms with Crippen molar-refractivity contribution in [3.05, 3.63) is 54.1 Å². The summed E-state index contributed by atoms with van der Waals surface area (Å²) in [4.78, 5) is 0.299. The van der Waals surface area contributed by atoms with Gasteiger partial charge < -0.3 is 4.74 Å². The summed E-state index contributed by atoms with van der Waals surface area (Å²) in [5.74, 6) is 0.591. The van der Waals surface area contributed by atoms with Crippen LogP contribution in [0.15, 0.2) is 53.4 Å². The van der Waals surface area contributed by atoms with E-state index in [4.69, 9.17) is 4.74 Å². The van der Waals surface area contributed by atoms with Gasteiger partial charge in [0.2, 0.25) is 0 Å². The van der Waals surface area contributed by atoms with Gasteiger partial charge in [0.15, 0.2) is 0 Å². The summed E-state index contributed by atoms with van der Waals surface area (Å²) in [6.45, 7) is 10.4. The van der Waals surface area contributed by atoms with E-state index in [2.05, 4.69) is 20.8 Å². The van der Waals surface area contributed by atoms with Crippen molar-refractivity contribution in [1.82, 2.24) is 0 Å². The van der Waals surface area contributed by atoms with E-state index in [0.29, 0.717) is 16.3 Å². The van der Waals surface area contributed by atoms with Gasteiger partial charge >= 0.3 is 0 Å². The molecule has 0 unspecified atom stereocenters. The van der Waals surface area contributed by atoms with E-state index in [1.165, 1.54) is 4.31 Å². The molecule has 25 heavy (non-hydrogen) atoms. The number of sulfonamides is 1. The molecule has 0 aliphatic carbocycles. The van der Waals surface area contributed by atoms with Gasteiger partial charge in [-0.15, -0.1) is 0 Å². The lowest BCUT2D eigenvalue weighted by Gasteiger charge is -2.40. The predicted molar refractivity (Wildman–Crippen MR) is 101 cm³/mol. The van der Waals surface area contributed by atoms with Crippen LogP contribution >= 0.6 is 0 Å². The Morgan fingerprint density at radius 2 is 1.60 bits per heavy atom. The molecule has 3 rings (SSSR count). The van der Waals surface area contributed by atoms with Gasteiger partial charge in [-0.1, -0.05) is 45.0 Å². The Morgan fingerprint density at radius 1 is 1.00 bits per heavy atom. The van der Waals surface area contributed by atoms with Crippen molar-refractivity contribution < 1.29 is 13.2 Å². The van der Waals surface area contributed by atoms with Crippen molar-refractivity contribution in [2.24, 2.45) is 0 Å². The van der Waals surface area contributed by atoms with E-state index in [1.54, 1.807) is 18.2 Å². The van der Waals surface area contributed by atoms with Crippen LogP contribution in [0, 0.1) is 0 Å². The second-order valence-corrected chi connectivity index (χ2v) is 9.98. The largest absolute Gasteiger partial charge is 0.484 e. The number of anilines is 1. The highest BCUT2D eigenvalue weighted by Gasteiger charge is 2.38. The van der Waals surface area contributed by atoms with Crippen LogP contribution in [0.1, 0.15) is 40.2 Å². The fourth-order valence-electron chi connectivity index (χ4n) is 2.98. The SMILES string of the molecule is CC1(C)CN(S(=O)(=O)c2ccc(C(C)(C)C)cc2)c2ccccc2O1. The van der Waals surface area contributed by atoms with Gasteiger partial charge in [-0.3, -0.25) is 4.31 Å². The Kier molecular flexibility index (Phi) is 4.11. The Hall–Kier alpha value is -2.01. The highest BCUT2D eigenvalue weighted by Crippen LogP contribution is 2.39. The fourth-order valence-corrected chi connectivity index (χ4v) is 4.60. The maximum atomic E-state index is 13.3. The molecule has 2 aromatic carbocycles. The average molecular weight is 359 g/mol. The molecule has 1 aliphatic rings. The maximum Gasteiger partial charge on any atom is 0.264 e. The molecule has 0 amide bonds. The maximum absolute atomic E-state index is 13.3. The van der Waals surface area contributed by atoms with Crippen LogP contribution in [-0.2, 0) is 15.4 Å². The monoisotopic (exact) mass is 359 g/mol. The number of para-hydroxylation sites is 2. The Morgan fingerprint density at radius 3 is 2.20 bits per heavy atom. The lowest BCUT2D eigenvalue weighted by Crippen LogP contribution is -2.49. The second kappa shape index (κ2) is 5.77. The zero-order valence-electron chi connectivity index (χ0n) is 15.4. The molecule has 134 valence electrons. The summed E-state index contributed by atoms with van der Waals surface area (Å²) in [7, 11) is -3.66. The first kappa shape index (κ1) is 17.8. The van der Waals surface area contributed by atoms with Gasteiger partial charge in [-0.05, 0) is 49.1 Å². The number of benzene rings is 2. The summed E-state index contributed by atoms with van der Waals surface area (Å²) in [6.07, 6.45) is 0. The third-order valence-electron chi connectivity index (χ3n) is 4.35. The Balaban J connectivity index is 2.05. The lowest BCUT2D eigenvalue weighted by atomic mass is 9.87. The Labute approximate surface area is 150 Å². The third-order valence-corrected chi connectivity index (χ3v) is 6.13. The highest BCUT2D eigenvalue weighted by molar-refractivity contribution is 7.92. The zero-order chi connectivity index (χ0) is 18.5. The number of ether oxygens (including phenoxy) is 1. The standard InChI is InChI=1S/C20H25NO3S/c1-19(2,3)15-10-12-16(13-11-15)25(22,23)21-14-20(4,5)24-18-9-7-6-8-17(18)21/h6-13H,14H2,1-5H3. The van der Waals surface area contributed by atoms with Crippen LogP contribution in [0.3, 0.4) is 0 Å². The topological polar surface area (TPSA) is 46.6 Å². The van der Waals surface area contributed by atoms with Gasteiger partial charge in [0.25, 0.3) is 10.0 Å². The number of rotatable bonds is 2. The second-order valence-electron chi connectivity index (χ2n) is 8.12. The summed E-state index contributed by atoms with van der Waals surface area (Å²) < 4.78 is 33.9. The van der Waals surface area contributed by atoms with Crippen LogP contribution in [0.25, 0.3) is 0 Å². The molecule has 0 saturated carbocycles. The van der Waals surface area contributed by atoms with E-state index >= 15 is 0 Å². The van der Waals surface area contributed by atoms with E-state index in [0.717, 1.165) is 5.56 Å². The predicted octanol–water partition coefficient (Wildman–Crippen LogP) is 4.35. The molecule has 0 saturated heterocycles. The molecule has 0 radical (unpaired) electrons. The first-order valence-corrected chi connectivity index (χ1v) is 9.86. The van der Waals surface area contributed by atoms with Crippen LogP contribution in [0.2, 0.25) is 0 Å². The van der Waals surface area contributed by atoms with Crippen LogP contribution < -0.4 is 9.04 Å². The van der Waals surface area contributed by atoms with Gasteiger partial charge in [0.05, 0.1) is 17.1 Å². The van der Waals surface area contributed by atoms with Crippen molar-refractivity contribution in [3.8, 4) is 5.75 Å². The number of hydrogen-bond acceptors (Lipinski definition) is 3. The first-order valence-electron chi connectivity index (χ1n) is 8.42. The van der Waals surface area contributed by atoms with Crippen molar-refractivity contribution in [3.63, 3.8) is 0 Å². The smallest absolute Gasteiger partial charge is 0.264 e. The van der Waals surface area contributed by atoms with Gasteiger partial charge in [0.1, 0.15) is 11.4 Å². The van der Waals surface area contributed by atoms with E-state index < -0.39 is 15.6 Å². The number of nitrogens with zero attached hydrogens (tertiary/aromatic N) is 1. The van der Waals surface area contributed by atoms with Gasteiger partial charge in [-0.25, -0.2) is 8.42 Å². The van der Waals surface area contributed by atoms with Gasteiger partial charge in [-0.2, -0.15) is 0 Å². The molecule has 4 nitrogen and oxygen atoms in total. The normalized spacial score (nSPS) is 16.9. The molecular weight excluding hydrogens is 334 g/mol. The highest BCUT2D eigenvalue weighted by atomic mass is 32.2. The molecule has 1 aliphatic heterocycles. The first-order chi connectivity index (χ1) is 11.5. The van der Waals surface area contributed by atoms with Crippen LogP contribution in [0.4, 0.5) is 5.69 Å². The third kappa shape index (κ3) is 3.38. The molecule has 0 spiro atoms. The van der Waals surface area contributed by atoms with E-state index in [9.17, 15) is 8.42 Å². The number of hydrogen-bond donors (Lipinski definition) is 0. The fraction of sp³-hybridized carbons (Fsp3) is 0.400. The lowest BCUT2D eigenvalue weighted by molar-refractivity contribution is 0.110. The summed E-state index contributed by atoms with van der Waals surface area (Å²) >= 11 is 0. The van der Waals surface area contributed by atoms with Crippen molar-refractivity contribution in [2.45, 2.75) is 50.5 Å². The average Bonchev–Trinajstić information content (AvgIpc) is 2.52. The molecule has 2 aromatic rings.